The van der Waals surface area contributed by atoms with E-state index in [4.69, 9.17) is 5.11 Å². The molecule has 0 spiro atoms. The number of phenols is 1. The maximum atomic E-state index is 11.8. The van der Waals surface area contributed by atoms with Crippen molar-refractivity contribution in [3.8, 4) is 5.75 Å². The molecular weight excluding hydrogens is 486 g/mol. The Morgan fingerprint density at radius 2 is 1.41 bits per heavy atom. The minimum Gasteiger partial charge on any atom is -0.508 e. The van der Waals surface area contributed by atoms with Crippen molar-refractivity contribution in [3.05, 3.63) is 91.1 Å². The number of allylic oxidation sites excluding steroid dienone is 1. The lowest BCUT2D eigenvalue weighted by Crippen LogP contribution is -2.40. The predicted octanol–water partition coefficient (Wildman–Crippen LogP) is 8.45. The third kappa shape index (κ3) is 11.2. The molecule has 2 N–H and O–H groups in total. The van der Waals surface area contributed by atoms with E-state index in [2.05, 4.69) is 70.8 Å². The largest absolute Gasteiger partial charge is 0.508 e. The van der Waals surface area contributed by atoms with E-state index in [9.17, 15) is 14.7 Å². The standard InChI is InChI=1S/C15H12O.C12H21NO.C4H6O2.C3H6/c1-10-2-3-11-8-14-9-15(16)5-4-12(14)7-13(11)6-10;1-9(2)12(14)13-8-10(3)6-5-7-11(13)4;1-3(2)4(5)6;1-3-2/h2-9,16H,1H3;10-11H,1,5-8H2,2-4H3;1H2,2H3,(H,5,6);3H,1H2,2H3. The van der Waals surface area contributed by atoms with Gasteiger partial charge in [-0.1, -0.05) is 62.4 Å². The summed E-state index contributed by atoms with van der Waals surface area (Å²) in [5.41, 5.74) is 2.10. The molecule has 39 heavy (non-hydrogen) atoms. The molecular formula is C34H45NO4. The van der Waals surface area contributed by atoms with Gasteiger partial charge in [-0.25, -0.2) is 4.79 Å². The quantitative estimate of drug-likeness (QED) is 0.198. The van der Waals surface area contributed by atoms with Crippen LogP contribution in [0.25, 0.3) is 21.5 Å². The maximum absolute atomic E-state index is 11.8. The van der Waals surface area contributed by atoms with Crippen LogP contribution in [0.4, 0.5) is 0 Å². The van der Waals surface area contributed by atoms with Crippen molar-refractivity contribution in [1.29, 1.82) is 0 Å². The molecule has 1 aliphatic rings. The van der Waals surface area contributed by atoms with Gasteiger partial charge in [0.15, 0.2) is 0 Å². The van der Waals surface area contributed by atoms with Crippen LogP contribution in [0.15, 0.2) is 85.5 Å². The van der Waals surface area contributed by atoms with Crippen LogP contribution in [0, 0.1) is 12.8 Å². The highest BCUT2D eigenvalue weighted by molar-refractivity contribution is 5.98. The van der Waals surface area contributed by atoms with Gasteiger partial charge in [0.1, 0.15) is 5.75 Å². The molecule has 4 rings (SSSR count). The van der Waals surface area contributed by atoms with E-state index >= 15 is 0 Å². The van der Waals surface area contributed by atoms with Crippen LogP contribution in [-0.2, 0) is 9.59 Å². The van der Waals surface area contributed by atoms with Crippen molar-refractivity contribution in [3.63, 3.8) is 0 Å². The fourth-order valence-corrected chi connectivity index (χ4v) is 4.16. The molecule has 1 fully saturated rings. The monoisotopic (exact) mass is 531 g/mol. The summed E-state index contributed by atoms with van der Waals surface area (Å²) in [7, 11) is 0. The maximum Gasteiger partial charge on any atom is 0.330 e. The van der Waals surface area contributed by atoms with Crippen LogP contribution >= 0.6 is 0 Å². The topological polar surface area (TPSA) is 77.8 Å². The molecule has 0 radical (unpaired) electrons. The zero-order valence-electron chi connectivity index (χ0n) is 24.5. The van der Waals surface area contributed by atoms with Gasteiger partial charge in [-0.05, 0) is 99.2 Å². The Hall–Kier alpha value is -3.86. The predicted molar refractivity (Wildman–Crippen MR) is 165 cm³/mol. The lowest BCUT2D eigenvalue weighted by atomic mass is 10.0. The summed E-state index contributed by atoms with van der Waals surface area (Å²) < 4.78 is 0. The highest BCUT2D eigenvalue weighted by Crippen LogP contribution is 2.26. The third-order valence-electron chi connectivity index (χ3n) is 6.28. The van der Waals surface area contributed by atoms with Crippen LogP contribution < -0.4 is 0 Å². The summed E-state index contributed by atoms with van der Waals surface area (Å²) in [6.45, 7) is 22.7. The zero-order chi connectivity index (χ0) is 29.7. The Morgan fingerprint density at radius 3 is 1.92 bits per heavy atom. The van der Waals surface area contributed by atoms with Gasteiger partial charge in [0, 0.05) is 23.7 Å². The Kier molecular flexibility index (Phi) is 13.8. The molecule has 1 aliphatic heterocycles. The molecule has 210 valence electrons. The fourth-order valence-electron chi connectivity index (χ4n) is 4.16. The number of aryl methyl sites for hydroxylation is 1. The molecule has 1 saturated heterocycles. The molecule has 3 aromatic carbocycles. The fraction of sp³-hybridized carbons (Fsp3) is 0.353. The van der Waals surface area contributed by atoms with E-state index in [1.165, 1.54) is 36.1 Å². The van der Waals surface area contributed by atoms with Crippen molar-refractivity contribution in [2.24, 2.45) is 5.92 Å². The number of aliphatic carboxylic acids is 1. The first-order valence-electron chi connectivity index (χ1n) is 13.4. The number of carbonyl (C=O) groups is 2. The zero-order valence-corrected chi connectivity index (χ0v) is 24.5. The first-order chi connectivity index (χ1) is 18.3. The van der Waals surface area contributed by atoms with Gasteiger partial charge in [0.2, 0.25) is 5.91 Å². The summed E-state index contributed by atoms with van der Waals surface area (Å²) in [6, 6.07) is 16.5. The highest BCUT2D eigenvalue weighted by Gasteiger charge is 2.24. The molecule has 2 unspecified atom stereocenters. The third-order valence-corrected chi connectivity index (χ3v) is 6.28. The number of fused-ring (bicyclic) bond motifs is 2. The van der Waals surface area contributed by atoms with Crippen molar-refractivity contribution < 1.29 is 19.8 Å². The van der Waals surface area contributed by atoms with Crippen LogP contribution in [0.2, 0.25) is 0 Å². The molecule has 1 amide bonds. The van der Waals surface area contributed by atoms with Crippen molar-refractivity contribution >= 4 is 33.4 Å². The average molecular weight is 532 g/mol. The second-order valence-electron chi connectivity index (χ2n) is 10.4. The Morgan fingerprint density at radius 1 is 0.897 bits per heavy atom. The summed E-state index contributed by atoms with van der Waals surface area (Å²) in [6.07, 6.45) is 5.36. The number of nitrogens with zero attached hydrogens (tertiary/aromatic N) is 1. The van der Waals surface area contributed by atoms with Crippen LogP contribution in [0.3, 0.4) is 0 Å². The van der Waals surface area contributed by atoms with Gasteiger partial charge in [0.05, 0.1) is 0 Å². The Bertz CT molecular complexity index is 1230. The number of likely N-dealkylation sites (tertiary alicyclic amines) is 1. The molecule has 5 nitrogen and oxygen atoms in total. The molecule has 1 heterocycles. The lowest BCUT2D eigenvalue weighted by molar-refractivity contribution is -0.132. The van der Waals surface area contributed by atoms with E-state index in [-0.39, 0.29) is 11.5 Å². The van der Waals surface area contributed by atoms with Crippen molar-refractivity contribution in [2.45, 2.75) is 66.8 Å². The minimum absolute atomic E-state index is 0.131. The highest BCUT2D eigenvalue weighted by atomic mass is 16.4. The first-order valence-corrected chi connectivity index (χ1v) is 13.4. The van der Waals surface area contributed by atoms with Crippen LogP contribution in [-0.4, -0.2) is 39.6 Å². The number of hydrogen-bond donors (Lipinski definition) is 2. The molecule has 0 aliphatic carbocycles. The molecule has 0 bridgehead atoms. The Labute approximate surface area is 234 Å². The number of rotatable bonds is 2. The summed E-state index contributed by atoms with van der Waals surface area (Å²) in [5, 5.41) is 22.0. The van der Waals surface area contributed by atoms with E-state index in [1.54, 1.807) is 25.1 Å². The van der Waals surface area contributed by atoms with Gasteiger partial charge in [-0.2, -0.15) is 0 Å². The van der Waals surface area contributed by atoms with Gasteiger partial charge >= 0.3 is 5.97 Å². The normalized spacial score (nSPS) is 16.2. The number of carboxylic acids is 1. The molecule has 5 heteroatoms. The number of hydrogen-bond acceptors (Lipinski definition) is 3. The molecule has 2 atom stereocenters. The van der Waals surface area contributed by atoms with Gasteiger partial charge in [0.25, 0.3) is 0 Å². The lowest BCUT2D eigenvalue weighted by Gasteiger charge is -2.28. The van der Waals surface area contributed by atoms with Crippen molar-refractivity contribution in [1.82, 2.24) is 4.90 Å². The molecule has 3 aromatic rings. The van der Waals surface area contributed by atoms with Gasteiger partial charge in [-0.3, -0.25) is 4.79 Å². The first kappa shape index (κ1) is 33.2. The minimum atomic E-state index is -0.935. The molecule has 0 saturated carbocycles. The number of carboxylic acid groups (broad SMARTS) is 1. The van der Waals surface area contributed by atoms with E-state index < -0.39 is 5.97 Å². The van der Waals surface area contributed by atoms with Crippen LogP contribution in [0.1, 0.15) is 59.4 Å². The summed E-state index contributed by atoms with van der Waals surface area (Å²) >= 11 is 0. The van der Waals surface area contributed by atoms with E-state index in [0.29, 0.717) is 23.3 Å². The van der Waals surface area contributed by atoms with E-state index in [1.807, 2.05) is 17.9 Å². The molecule has 0 aromatic heterocycles. The number of carbonyl (C=O) groups excluding carboxylic acids is 1. The van der Waals surface area contributed by atoms with Crippen molar-refractivity contribution in [2.75, 3.05) is 6.54 Å². The second kappa shape index (κ2) is 16.2. The number of phenolic OH excluding ortho intramolecular Hbond substituents is 1. The van der Waals surface area contributed by atoms with Gasteiger partial charge < -0.3 is 15.1 Å². The van der Waals surface area contributed by atoms with Crippen LogP contribution in [0.5, 0.6) is 5.75 Å². The SMILES string of the molecule is C=C(C)C(=O)N1CC(C)CCCC1C.C=C(C)C(=O)O.C=CC.Cc1ccc2cc3cc(O)ccc3cc2c1. The number of amides is 1. The number of aromatic hydroxyl groups is 1. The Balaban J connectivity index is 0.000000302. The van der Waals surface area contributed by atoms with E-state index in [0.717, 1.165) is 23.7 Å². The number of benzene rings is 3. The average Bonchev–Trinajstić information content (AvgIpc) is 3.03. The summed E-state index contributed by atoms with van der Waals surface area (Å²) in [4.78, 5) is 23.4. The summed E-state index contributed by atoms with van der Waals surface area (Å²) in [5.74, 6) is 0.142. The smallest absolute Gasteiger partial charge is 0.330 e. The second-order valence-corrected chi connectivity index (χ2v) is 10.4. The van der Waals surface area contributed by atoms with Gasteiger partial charge in [-0.15, -0.1) is 6.58 Å².